The highest BCUT2D eigenvalue weighted by atomic mass is 32.2. The van der Waals surface area contributed by atoms with Crippen LogP contribution in [0, 0.1) is 6.92 Å². The third-order valence-corrected chi connectivity index (χ3v) is 5.30. The quantitative estimate of drug-likeness (QED) is 0.575. The number of rotatable bonds is 6. The maximum atomic E-state index is 12.5. The van der Waals surface area contributed by atoms with Crippen molar-refractivity contribution in [3.05, 3.63) is 54.1 Å². The standard InChI is InChI=1S/C21H21N3O4S/c1-14-7-9-15(10-8-14)20-22-23-21(28-20)29-13-19(25)24(2)11-16-12-26-17-5-3-4-6-18(17)27-16/h3-10,16H,11-13H2,1-2H3/t16-/m0/s1. The molecule has 2 aromatic carbocycles. The van der Waals surface area contributed by atoms with Crippen molar-refractivity contribution in [2.45, 2.75) is 18.3 Å². The Morgan fingerprint density at radius 1 is 1.14 bits per heavy atom. The number of hydrogen-bond donors (Lipinski definition) is 0. The molecule has 29 heavy (non-hydrogen) atoms. The van der Waals surface area contributed by atoms with Crippen LogP contribution < -0.4 is 9.47 Å². The number of amides is 1. The van der Waals surface area contributed by atoms with Gasteiger partial charge in [0.15, 0.2) is 17.6 Å². The summed E-state index contributed by atoms with van der Waals surface area (Å²) in [5.74, 6) is 2.03. The van der Waals surface area contributed by atoms with E-state index in [1.165, 1.54) is 11.8 Å². The van der Waals surface area contributed by atoms with Crippen LogP contribution in [0.1, 0.15) is 5.56 Å². The summed E-state index contributed by atoms with van der Waals surface area (Å²) in [6.45, 7) is 2.86. The molecule has 4 rings (SSSR count). The van der Waals surface area contributed by atoms with E-state index >= 15 is 0 Å². The van der Waals surface area contributed by atoms with Crippen molar-refractivity contribution in [2.24, 2.45) is 0 Å². The largest absolute Gasteiger partial charge is 0.486 e. The zero-order valence-corrected chi connectivity index (χ0v) is 17.0. The first-order valence-corrected chi connectivity index (χ1v) is 10.2. The highest BCUT2D eigenvalue weighted by Crippen LogP contribution is 2.31. The zero-order chi connectivity index (χ0) is 20.2. The average Bonchev–Trinajstić information content (AvgIpc) is 3.21. The minimum Gasteiger partial charge on any atom is -0.486 e. The first kappa shape index (κ1) is 19.3. The van der Waals surface area contributed by atoms with Crippen LogP contribution in [0.2, 0.25) is 0 Å². The van der Waals surface area contributed by atoms with E-state index in [1.807, 2.05) is 55.5 Å². The third-order valence-electron chi connectivity index (χ3n) is 4.49. The number of hydrogen-bond acceptors (Lipinski definition) is 7. The van der Waals surface area contributed by atoms with Crippen molar-refractivity contribution in [3.8, 4) is 23.0 Å². The van der Waals surface area contributed by atoms with E-state index in [2.05, 4.69) is 10.2 Å². The molecule has 0 spiro atoms. The highest BCUT2D eigenvalue weighted by molar-refractivity contribution is 7.99. The van der Waals surface area contributed by atoms with Crippen LogP contribution >= 0.6 is 11.8 Å². The molecule has 0 fully saturated rings. The summed E-state index contributed by atoms with van der Waals surface area (Å²) in [5, 5.41) is 8.44. The number of aryl methyl sites for hydroxylation is 1. The minimum atomic E-state index is -0.208. The van der Waals surface area contributed by atoms with Gasteiger partial charge in [-0.2, -0.15) is 0 Å². The Bertz CT molecular complexity index is 990. The number of nitrogens with zero attached hydrogens (tertiary/aromatic N) is 3. The molecule has 1 amide bonds. The van der Waals surface area contributed by atoms with Crippen molar-refractivity contribution >= 4 is 17.7 Å². The van der Waals surface area contributed by atoms with E-state index in [4.69, 9.17) is 13.9 Å². The summed E-state index contributed by atoms with van der Waals surface area (Å²) >= 11 is 1.22. The fraction of sp³-hybridized carbons (Fsp3) is 0.286. The molecule has 150 valence electrons. The monoisotopic (exact) mass is 411 g/mol. The number of likely N-dealkylation sites (N-methyl/N-ethyl adjacent to an activating group) is 1. The van der Waals surface area contributed by atoms with Crippen molar-refractivity contribution in [2.75, 3.05) is 26.0 Å². The molecule has 0 unspecified atom stereocenters. The number of carbonyl (C=O) groups is 1. The summed E-state index contributed by atoms with van der Waals surface area (Å²) in [6.07, 6.45) is -0.208. The zero-order valence-electron chi connectivity index (χ0n) is 16.2. The van der Waals surface area contributed by atoms with Crippen LogP contribution in [0.25, 0.3) is 11.5 Å². The molecule has 8 heteroatoms. The lowest BCUT2D eigenvalue weighted by Crippen LogP contribution is -2.42. The van der Waals surface area contributed by atoms with Gasteiger partial charge in [0, 0.05) is 12.6 Å². The predicted molar refractivity (Wildman–Crippen MR) is 109 cm³/mol. The molecule has 0 aliphatic carbocycles. The molecule has 1 atom stereocenters. The van der Waals surface area contributed by atoms with Gasteiger partial charge in [0.2, 0.25) is 11.8 Å². The lowest BCUT2D eigenvalue weighted by Gasteiger charge is -2.29. The van der Waals surface area contributed by atoms with E-state index in [9.17, 15) is 4.79 Å². The predicted octanol–water partition coefficient (Wildman–Crippen LogP) is 3.44. The summed E-state index contributed by atoms with van der Waals surface area (Å²) in [5.41, 5.74) is 2.01. The normalized spacial score (nSPS) is 15.2. The second-order valence-electron chi connectivity index (χ2n) is 6.80. The molecule has 0 bridgehead atoms. The van der Waals surface area contributed by atoms with E-state index in [0.29, 0.717) is 30.0 Å². The first-order valence-electron chi connectivity index (χ1n) is 9.24. The van der Waals surface area contributed by atoms with Crippen molar-refractivity contribution < 1.29 is 18.7 Å². The maximum Gasteiger partial charge on any atom is 0.277 e. The van der Waals surface area contributed by atoms with Gasteiger partial charge in [0.25, 0.3) is 5.22 Å². The van der Waals surface area contributed by atoms with Crippen LogP contribution in [0.5, 0.6) is 11.5 Å². The second kappa shape index (κ2) is 8.57. The van der Waals surface area contributed by atoms with Crippen molar-refractivity contribution in [1.29, 1.82) is 0 Å². The molecule has 0 N–H and O–H groups in total. The number of para-hydroxylation sites is 2. The fourth-order valence-corrected chi connectivity index (χ4v) is 3.58. The average molecular weight is 411 g/mol. The number of benzene rings is 2. The van der Waals surface area contributed by atoms with Crippen molar-refractivity contribution in [3.63, 3.8) is 0 Å². The van der Waals surface area contributed by atoms with Gasteiger partial charge >= 0.3 is 0 Å². The Labute approximate surface area is 173 Å². The smallest absolute Gasteiger partial charge is 0.277 e. The molecule has 1 aliphatic heterocycles. The van der Waals surface area contributed by atoms with Gasteiger partial charge in [-0.05, 0) is 31.2 Å². The number of thioether (sulfide) groups is 1. The van der Waals surface area contributed by atoms with E-state index in [0.717, 1.165) is 16.9 Å². The topological polar surface area (TPSA) is 77.7 Å². The van der Waals surface area contributed by atoms with Crippen LogP contribution in [-0.4, -0.2) is 53.1 Å². The van der Waals surface area contributed by atoms with E-state index in [-0.39, 0.29) is 17.8 Å². The second-order valence-corrected chi connectivity index (χ2v) is 7.73. The Kier molecular flexibility index (Phi) is 5.71. The molecule has 2 heterocycles. The third kappa shape index (κ3) is 4.71. The van der Waals surface area contributed by atoms with Crippen molar-refractivity contribution in [1.82, 2.24) is 15.1 Å². The van der Waals surface area contributed by atoms with Gasteiger partial charge in [-0.15, -0.1) is 10.2 Å². The van der Waals surface area contributed by atoms with Gasteiger partial charge in [0.05, 0.1) is 12.3 Å². The van der Waals surface area contributed by atoms with E-state index in [1.54, 1.807) is 11.9 Å². The highest BCUT2D eigenvalue weighted by Gasteiger charge is 2.24. The molecular weight excluding hydrogens is 390 g/mol. The lowest BCUT2D eigenvalue weighted by atomic mass is 10.1. The molecule has 0 saturated carbocycles. The van der Waals surface area contributed by atoms with Crippen LogP contribution in [0.3, 0.4) is 0 Å². The van der Waals surface area contributed by atoms with Gasteiger partial charge in [0.1, 0.15) is 6.61 Å². The summed E-state index contributed by atoms with van der Waals surface area (Å²) in [4.78, 5) is 14.1. The lowest BCUT2D eigenvalue weighted by molar-refractivity contribution is -0.128. The summed E-state index contributed by atoms with van der Waals surface area (Å²) < 4.78 is 17.3. The van der Waals surface area contributed by atoms with Crippen LogP contribution in [0.15, 0.2) is 58.2 Å². The number of carbonyl (C=O) groups excluding carboxylic acids is 1. The Morgan fingerprint density at radius 2 is 1.90 bits per heavy atom. The van der Waals surface area contributed by atoms with E-state index < -0.39 is 0 Å². The number of ether oxygens (including phenoxy) is 2. The Balaban J connectivity index is 1.28. The van der Waals surface area contributed by atoms with Gasteiger partial charge in [-0.3, -0.25) is 4.79 Å². The molecule has 0 radical (unpaired) electrons. The molecule has 3 aromatic rings. The van der Waals surface area contributed by atoms with Crippen LogP contribution in [0.4, 0.5) is 0 Å². The number of fused-ring (bicyclic) bond motifs is 1. The summed E-state index contributed by atoms with van der Waals surface area (Å²) in [6, 6.07) is 15.4. The summed E-state index contributed by atoms with van der Waals surface area (Å²) in [7, 11) is 1.75. The Morgan fingerprint density at radius 3 is 2.69 bits per heavy atom. The Hall–Kier alpha value is -3.00. The number of aromatic nitrogens is 2. The fourth-order valence-electron chi connectivity index (χ4n) is 2.87. The van der Waals surface area contributed by atoms with Gasteiger partial charge in [-0.1, -0.05) is 41.6 Å². The molecule has 7 nitrogen and oxygen atoms in total. The maximum absolute atomic E-state index is 12.5. The minimum absolute atomic E-state index is 0.0486. The molecule has 0 saturated heterocycles. The SMILES string of the molecule is Cc1ccc(-c2nnc(SCC(=O)N(C)C[C@H]3COc4ccccc4O3)o2)cc1. The first-order chi connectivity index (χ1) is 14.1. The van der Waals surface area contributed by atoms with Gasteiger partial charge < -0.3 is 18.8 Å². The van der Waals surface area contributed by atoms with Crippen LogP contribution in [-0.2, 0) is 4.79 Å². The molecular formula is C21H21N3O4S. The molecule has 1 aromatic heterocycles. The molecule has 1 aliphatic rings. The van der Waals surface area contributed by atoms with Gasteiger partial charge in [-0.25, -0.2) is 0 Å².